The van der Waals surface area contributed by atoms with Gasteiger partial charge < -0.3 is 4.74 Å². The molecule has 0 atom stereocenters. The van der Waals surface area contributed by atoms with Crippen LogP contribution in [0.1, 0.15) is 0 Å². The van der Waals surface area contributed by atoms with Crippen molar-refractivity contribution in [3.63, 3.8) is 0 Å². The Morgan fingerprint density at radius 3 is 2.81 bits per heavy atom. The first-order chi connectivity index (χ1) is 7.48. The number of nitriles is 1. The lowest BCUT2D eigenvalue weighted by molar-refractivity contribution is 0.414. The second-order valence-electron chi connectivity index (χ2n) is 2.87. The largest absolute Gasteiger partial charge is 0.497 e. The summed E-state index contributed by atoms with van der Waals surface area (Å²) in [5.41, 5.74) is -0.241. The molecule has 0 saturated carbocycles. The summed E-state index contributed by atoms with van der Waals surface area (Å²) in [6, 6.07) is 5.10. The third kappa shape index (κ3) is 3.10. The summed E-state index contributed by atoms with van der Waals surface area (Å²) in [7, 11) is -2.46. The lowest BCUT2D eigenvalue weighted by Gasteiger charge is -2.07. The second kappa shape index (κ2) is 4.81. The molecule has 86 valence electrons. The van der Waals surface area contributed by atoms with Gasteiger partial charge in [0.2, 0.25) is 10.0 Å². The molecule has 0 bridgehead atoms. The summed E-state index contributed by atoms with van der Waals surface area (Å²) >= 11 is 0. The van der Waals surface area contributed by atoms with E-state index in [1.165, 1.54) is 25.3 Å². The van der Waals surface area contributed by atoms with Crippen LogP contribution in [0.25, 0.3) is 0 Å². The average Bonchev–Trinajstić information content (AvgIpc) is 2.21. The van der Waals surface area contributed by atoms with Crippen molar-refractivity contribution >= 4 is 15.7 Å². The maximum absolute atomic E-state index is 13.2. The van der Waals surface area contributed by atoms with Crippen LogP contribution in [0.4, 0.5) is 10.1 Å². The zero-order valence-electron chi connectivity index (χ0n) is 8.40. The third-order valence-electron chi connectivity index (χ3n) is 1.69. The van der Waals surface area contributed by atoms with Gasteiger partial charge in [0, 0.05) is 6.07 Å². The Hall–Kier alpha value is -1.81. The van der Waals surface area contributed by atoms with Crippen LogP contribution in [-0.4, -0.2) is 21.3 Å². The monoisotopic (exact) mass is 244 g/mol. The Kier molecular flexibility index (Phi) is 3.68. The molecule has 0 spiro atoms. The van der Waals surface area contributed by atoms with Gasteiger partial charge in [0.15, 0.2) is 5.75 Å². The van der Waals surface area contributed by atoms with Gasteiger partial charge >= 0.3 is 0 Å². The molecule has 0 unspecified atom stereocenters. The van der Waals surface area contributed by atoms with Gasteiger partial charge in [0.05, 0.1) is 18.9 Å². The summed E-state index contributed by atoms with van der Waals surface area (Å²) < 4.78 is 42.4. The van der Waals surface area contributed by atoms with E-state index in [2.05, 4.69) is 0 Å². The fourth-order valence-electron chi connectivity index (χ4n) is 0.998. The molecule has 1 rings (SSSR count). The Morgan fingerprint density at radius 2 is 2.25 bits per heavy atom. The quantitative estimate of drug-likeness (QED) is 0.860. The lowest BCUT2D eigenvalue weighted by Crippen LogP contribution is -2.16. The predicted molar refractivity (Wildman–Crippen MR) is 56.0 cm³/mol. The van der Waals surface area contributed by atoms with Gasteiger partial charge in [-0.3, -0.25) is 4.72 Å². The summed E-state index contributed by atoms with van der Waals surface area (Å²) in [5.74, 6) is -1.15. The fourth-order valence-corrected chi connectivity index (χ4v) is 1.73. The Bertz CT molecular complexity index is 522. The number of hydrogen-bond donors (Lipinski definition) is 1. The minimum Gasteiger partial charge on any atom is -0.497 e. The first-order valence-corrected chi connectivity index (χ1v) is 5.84. The van der Waals surface area contributed by atoms with E-state index in [0.29, 0.717) is 5.75 Å². The number of hydrogen-bond acceptors (Lipinski definition) is 4. The van der Waals surface area contributed by atoms with Gasteiger partial charge in [-0.15, -0.1) is 0 Å². The van der Waals surface area contributed by atoms with E-state index < -0.39 is 21.6 Å². The van der Waals surface area contributed by atoms with Gasteiger partial charge in [0.1, 0.15) is 11.6 Å². The van der Waals surface area contributed by atoms with Crippen molar-refractivity contribution in [2.75, 3.05) is 17.6 Å². The molecule has 0 radical (unpaired) electrons. The summed E-state index contributed by atoms with van der Waals surface area (Å²) in [6.45, 7) is 0. The van der Waals surface area contributed by atoms with Crippen LogP contribution in [0.15, 0.2) is 18.2 Å². The Balaban J connectivity index is 3.02. The van der Waals surface area contributed by atoms with Crippen LogP contribution < -0.4 is 9.46 Å². The molecular weight excluding hydrogens is 235 g/mol. The molecule has 0 amide bonds. The van der Waals surface area contributed by atoms with E-state index in [1.807, 2.05) is 4.72 Å². The van der Waals surface area contributed by atoms with Crippen molar-refractivity contribution in [1.82, 2.24) is 0 Å². The lowest BCUT2D eigenvalue weighted by atomic mass is 10.3. The van der Waals surface area contributed by atoms with E-state index in [9.17, 15) is 12.8 Å². The van der Waals surface area contributed by atoms with Crippen molar-refractivity contribution in [2.24, 2.45) is 0 Å². The van der Waals surface area contributed by atoms with Crippen molar-refractivity contribution in [2.45, 2.75) is 0 Å². The Morgan fingerprint density at radius 1 is 1.56 bits per heavy atom. The average molecular weight is 244 g/mol. The summed E-state index contributed by atoms with van der Waals surface area (Å²) in [6.07, 6.45) is 0. The highest BCUT2D eigenvalue weighted by molar-refractivity contribution is 7.92. The highest BCUT2D eigenvalue weighted by atomic mass is 32.2. The number of ether oxygens (including phenoxy) is 1. The normalized spacial score (nSPS) is 10.6. The van der Waals surface area contributed by atoms with Gasteiger partial charge in [-0.2, -0.15) is 5.26 Å². The fraction of sp³-hybridized carbons (Fsp3) is 0.222. The predicted octanol–water partition coefficient (Wildman–Crippen LogP) is 1.10. The summed E-state index contributed by atoms with van der Waals surface area (Å²) in [5, 5.41) is 8.26. The van der Waals surface area contributed by atoms with Crippen molar-refractivity contribution in [3.05, 3.63) is 24.0 Å². The molecule has 1 aromatic carbocycles. The van der Waals surface area contributed by atoms with E-state index >= 15 is 0 Å². The number of methoxy groups -OCH3 is 1. The van der Waals surface area contributed by atoms with E-state index in [-0.39, 0.29) is 5.69 Å². The first-order valence-electron chi connectivity index (χ1n) is 4.19. The number of anilines is 1. The number of sulfonamides is 1. The van der Waals surface area contributed by atoms with E-state index in [0.717, 1.165) is 6.07 Å². The number of nitrogens with one attached hydrogen (secondary N) is 1. The van der Waals surface area contributed by atoms with Crippen LogP contribution in [0.2, 0.25) is 0 Å². The maximum atomic E-state index is 13.2. The van der Waals surface area contributed by atoms with Gasteiger partial charge in [0.25, 0.3) is 0 Å². The number of rotatable bonds is 4. The number of halogens is 1. The smallest absolute Gasteiger partial charge is 0.246 e. The van der Waals surface area contributed by atoms with Crippen LogP contribution in [0.3, 0.4) is 0 Å². The molecule has 0 saturated heterocycles. The molecule has 0 aromatic heterocycles. The van der Waals surface area contributed by atoms with Gasteiger partial charge in [-0.1, -0.05) is 0 Å². The van der Waals surface area contributed by atoms with Crippen molar-refractivity contribution in [1.29, 1.82) is 5.26 Å². The molecule has 1 N–H and O–H groups in total. The molecule has 0 heterocycles. The minimum absolute atomic E-state index is 0.241. The zero-order chi connectivity index (χ0) is 12.2. The molecule has 7 heteroatoms. The first kappa shape index (κ1) is 12.3. The third-order valence-corrected chi connectivity index (χ3v) is 2.73. The molecule has 0 aliphatic carbocycles. The highest BCUT2D eigenvalue weighted by Gasteiger charge is 2.13. The molecule has 1 aromatic rings. The van der Waals surface area contributed by atoms with Crippen LogP contribution >= 0.6 is 0 Å². The van der Waals surface area contributed by atoms with Crippen molar-refractivity contribution in [3.8, 4) is 11.8 Å². The topological polar surface area (TPSA) is 79.2 Å². The van der Waals surface area contributed by atoms with Crippen LogP contribution in [0, 0.1) is 17.1 Å². The maximum Gasteiger partial charge on any atom is 0.246 e. The number of benzene rings is 1. The molecular formula is C9H9FN2O3S. The minimum atomic E-state index is -3.84. The SMILES string of the molecule is COc1ccc(F)c(NS(=O)(=O)CC#N)c1. The molecule has 0 fully saturated rings. The molecule has 0 aliphatic heterocycles. The van der Waals surface area contributed by atoms with E-state index in [1.54, 1.807) is 0 Å². The summed E-state index contributed by atoms with van der Waals surface area (Å²) in [4.78, 5) is 0. The Labute approximate surface area is 92.5 Å². The molecule has 0 aliphatic rings. The van der Waals surface area contributed by atoms with Crippen LogP contribution in [0.5, 0.6) is 5.75 Å². The van der Waals surface area contributed by atoms with Crippen molar-refractivity contribution < 1.29 is 17.5 Å². The zero-order valence-corrected chi connectivity index (χ0v) is 9.21. The highest BCUT2D eigenvalue weighted by Crippen LogP contribution is 2.21. The van der Waals surface area contributed by atoms with Gasteiger partial charge in [-0.25, -0.2) is 12.8 Å². The van der Waals surface area contributed by atoms with Crippen LogP contribution in [-0.2, 0) is 10.0 Å². The molecule has 16 heavy (non-hydrogen) atoms. The van der Waals surface area contributed by atoms with E-state index in [4.69, 9.17) is 10.00 Å². The van der Waals surface area contributed by atoms with Gasteiger partial charge in [-0.05, 0) is 12.1 Å². The second-order valence-corrected chi connectivity index (χ2v) is 4.59. The number of nitrogens with zero attached hydrogens (tertiary/aromatic N) is 1. The molecule has 5 nitrogen and oxygen atoms in total. The standard InChI is InChI=1S/C9H9FN2O3S/c1-15-7-2-3-8(10)9(6-7)12-16(13,14)5-4-11/h2-3,6,12H,5H2,1H3.